The first-order valence-corrected chi connectivity index (χ1v) is 9.52. The summed E-state index contributed by atoms with van der Waals surface area (Å²) in [5.74, 6) is -1.34. The molecule has 0 saturated carbocycles. The molecule has 0 atom stereocenters. The number of amides is 2. The fourth-order valence-corrected chi connectivity index (χ4v) is 4.74. The van der Waals surface area contributed by atoms with Crippen molar-refractivity contribution >= 4 is 49.9 Å². The van der Waals surface area contributed by atoms with Crippen molar-refractivity contribution in [2.75, 3.05) is 5.32 Å². The molecule has 2 aromatic rings. The number of nitrogens with zero attached hydrogens (tertiary/aromatic N) is 3. The Hall–Kier alpha value is -2.27. The zero-order chi connectivity index (χ0) is 19.0. The van der Waals surface area contributed by atoms with Crippen LogP contribution in [0.4, 0.5) is 10.8 Å². The van der Waals surface area contributed by atoms with E-state index in [4.69, 9.17) is 5.73 Å². The summed E-state index contributed by atoms with van der Waals surface area (Å²) in [7, 11) is 0. The molecule has 11 heteroatoms. The SMILES string of the molecule is Cc1c(Br)c([N+](=O)[O-])nn1CC(=O)Nc1sc2c(c1C(N)=O)CCCC2. The molecule has 0 saturated heterocycles. The number of rotatable bonds is 5. The number of anilines is 1. The maximum atomic E-state index is 12.4. The smallest absolute Gasteiger partial charge is 0.365 e. The molecule has 1 aliphatic carbocycles. The van der Waals surface area contributed by atoms with Gasteiger partial charge >= 0.3 is 5.82 Å². The maximum absolute atomic E-state index is 12.4. The normalized spacial score (nSPS) is 13.3. The molecule has 0 radical (unpaired) electrons. The molecule has 0 unspecified atom stereocenters. The van der Waals surface area contributed by atoms with Crippen LogP contribution in [0.25, 0.3) is 0 Å². The molecule has 0 bridgehead atoms. The van der Waals surface area contributed by atoms with Crippen molar-refractivity contribution in [2.24, 2.45) is 5.73 Å². The van der Waals surface area contributed by atoms with Gasteiger partial charge in [0.05, 0.1) is 16.4 Å². The summed E-state index contributed by atoms with van der Waals surface area (Å²) < 4.78 is 1.48. The van der Waals surface area contributed by atoms with Gasteiger partial charge in [0.25, 0.3) is 5.91 Å². The number of carbonyl (C=O) groups excluding carboxylic acids is 2. The molecule has 138 valence electrons. The van der Waals surface area contributed by atoms with Crippen LogP contribution in [0.1, 0.15) is 39.3 Å². The zero-order valence-corrected chi connectivity index (χ0v) is 16.3. The van der Waals surface area contributed by atoms with Crippen molar-refractivity contribution in [3.63, 3.8) is 0 Å². The summed E-state index contributed by atoms with van der Waals surface area (Å²) in [6.07, 6.45) is 3.68. The largest absolute Gasteiger partial charge is 0.404 e. The number of nitro groups is 1. The van der Waals surface area contributed by atoms with Gasteiger partial charge in [-0.2, -0.15) is 4.68 Å². The van der Waals surface area contributed by atoms with E-state index in [0.29, 0.717) is 16.3 Å². The average molecular weight is 442 g/mol. The van der Waals surface area contributed by atoms with Gasteiger partial charge in [-0.1, -0.05) is 0 Å². The van der Waals surface area contributed by atoms with Crippen molar-refractivity contribution in [2.45, 2.75) is 39.2 Å². The number of thiophene rings is 1. The number of hydrogen-bond acceptors (Lipinski definition) is 6. The monoisotopic (exact) mass is 441 g/mol. The van der Waals surface area contributed by atoms with Gasteiger partial charge in [0, 0.05) is 4.88 Å². The van der Waals surface area contributed by atoms with Gasteiger partial charge in [0.15, 0.2) is 0 Å². The molecule has 0 spiro atoms. The van der Waals surface area contributed by atoms with Crippen LogP contribution in [-0.4, -0.2) is 26.5 Å². The molecule has 2 heterocycles. The van der Waals surface area contributed by atoms with Crippen molar-refractivity contribution in [1.29, 1.82) is 0 Å². The molecule has 3 N–H and O–H groups in total. The van der Waals surface area contributed by atoms with Crippen molar-refractivity contribution in [1.82, 2.24) is 9.78 Å². The topological polar surface area (TPSA) is 133 Å². The fourth-order valence-electron chi connectivity index (χ4n) is 3.00. The van der Waals surface area contributed by atoms with E-state index in [1.807, 2.05) is 0 Å². The lowest BCUT2D eigenvalue weighted by Gasteiger charge is -2.11. The second-order valence-corrected chi connectivity index (χ2v) is 7.86. The van der Waals surface area contributed by atoms with Gasteiger partial charge < -0.3 is 21.2 Å². The van der Waals surface area contributed by atoms with Gasteiger partial charge in [-0.3, -0.25) is 9.59 Å². The second-order valence-electron chi connectivity index (χ2n) is 5.97. The maximum Gasteiger partial charge on any atom is 0.404 e. The number of fused-ring (bicyclic) bond motifs is 1. The second kappa shape index (κ2) is 7.16. The van der Waals surface area contributed by atoms with E-state index in [-0.39, 0.29) is 16.8 Å². The minimum Gasteiger partial charge on any atom is -0.365 e. The van der Waals surface area contributed by atoms with Gasteiger partial charge in [-0.15, -0.1) is 11.3 Å². The Morgan fingerprint density at radius 1 is 1.42 bits per heavy atom. The van der Waals surface area contributed by atoms with Crippen LogP contribution in [-0.2, 0) is 24.2 Å². The summed E-state index contributed by atoms with van der Waals surface area (Å²) in [4.78, 5) is 35.7. The highest BCUT2D eigenvalue weighted by Crippen LogP contribution is 2.38. The Morgan fingerprint density at radius 3 is 2.73 bits per heavy atom. The lowest BCUT2D eigenvalue weighted by molar-refractivity contribution is -0.390. The number of aryl methyl sites for hydroxylation is 1. The van der Waals surface area contributed by atoms with E-state index in [2.05, 4.69) is 26.3 Å². The quantitative estimate of drug-likeness (QED) is 0.542. The number of aromatic nitrogens is 2. The van der Waals surface area contributed by atoms with Gasteiger partial charge in [-0.05, 0) is 59.0 Å². The minimum absolute atomic E-state index is 0.209. The number of hydrogen-bond donors (Lipinski definition) is 2. The standard InChI is InChI=1S/C15H16BrN5O4S/c1-7-12(16)14(21(24)25)19-20(7)6-10(22)18-15-11(13(17)23)8-4-2-3-5-9(8)26-15/h2-6H2,1H3,(H2,17,23)(H,18,22). The number of primary amides is 1. The first kappa shape index (κ1) is 18.5. The molecular weight excluding hydrogens is 426 g/mol. The summed E-state index contributed by atoms with van der Waals surface area (Å²) >= 11 is 4.48. The predicted octanol–water partition coefficient (Wildman–Crippen LogP) is 2.54. The lowest BCUT2D eigenvalue weighted by Crippen LogP contribution is -2.22. The highest BCUT2D eigenvalue weighted by molar-refractivity contribution is 9.10. The summed E-state index contributed by atoms with van der Waals surface area (Å²) in [5, 5.41) is 17.9. The molecule has 1 aliphatic rings. The molecule has 3 rings (SSSR count). The number of carbonyl (C=O) groups is 2. The Kier molecular flexibility index (Phi) is 5.10. The van der Waals surface area contributed by atoms with Crippen molar-refractivity contribution in [3.05, 3.63) is 36.3 Å². The molecule has 0 aliphatic heterocycles. The molecular formula is C15H16BrN5O4S. The Morgan fingerprint density at radius 2 is 2.12 bits per heavy atom. The van der Waals surface area contributed by atoms with E-state index >= 15 is 0 Å². The van der Waals surface area contributed by atoms with E-state index < -0.39 is 16.7 Å². The van der Waals surface area contributed by atoms with Crippen LogP contribution in [0, 0.1) is 17.0 Å². The van der Waals surface area contributed by atoms with E-state index in [9.17, 15) is 19.7 Å². The fraction of sp³-hybridized carbons (Fsp3) is 0.400. The van der Waals surface area contributed by atoms with E-state index in [1.165, 1.54) is 16.0 Å². The first-order valence-electron chi connectivity index (χ1n) is 7.91. The number of nitrogens with one attached hydrogen (secondary N) is 1. The summed E-state index contributed by atoms with van der Waals surface area (Å²) in [6.45, 7) is 1.41. The van der Waals surface area contributed by atoms with Crippen LogP contribution in [0.5, 0.6) is 0 Å². The Balaban J connectivity index is 1.83. The van der Waals surface area contributed by atoms with Crippen molar-refractivity contribution in [3.8, 4) is 0 Å². The average Bonchev–Trinajstić information content (AvgIpc) is 3.06. The summed E-state index contributed by atoms with van der Waals surface area (Å²) in [5.41, 5.74) is 7.28. The third-order valence-electron chi connectivity index (χ3n) is 4.25. The number of nitrogens with two attached hydrogens (primary N) is 1. The van der Waals surface area contributed by atoms with E-state index in [0.717, 1.165) is 36.1 Å². The third-order valence-corrected chi connectivity index (χ3v) is 6.39. The van der Waals surface area contributed by atoms with Crippen molar-refractivity contribution < 1.29 is 14.5 Å². The van der Waals surface area contributed by atoms with Gasteiger partial charge in [0.2, 0.25) is 5.91 Å². The van der Waals surface area contributed by atoms with Crippen LogP contribution in [0.2, 0.25) is 0 Å². The molecule has 0 aromatic carbocycles. The van der Waals surface area contributed by atoms with Gasteiger partial charge in [-0.25, -0.2) is 0 Å². The Labute approximate surface area is 160 Å². The summed E-state index contributed by atoms with van der Waals surface area (Å²) in [6, 6.07) is 0. The first-order chi connectivity index (χ1) is 12.3. The number of halogens is 1. The molecule has 26 heavy (non-hydrogen) atoms. The van der Waals surface area contributed by atoms with Gasteiger partial charge in [0.1, 0.15) is 16.0 Å². The highest BCUT2D eigenvalue weighted by atomic mass is 79.9. The van der Waals surface area contributed by atoms with Crippen LogP contribution < -0.4 is 11.1 Å². The molecule has 9 nitrogen and oxygen atoms in total. The van der Waals surface area contributed by atoms with Crippen LogP contribution >= 0.6 is 27.3 Å². The zero-order valence-electron chi connectivity index (χ0n) is 13.9. The third kappa shape index (κ3) is 3.36. The highest BCUT2D eigenvalue weighted by Gasteiger charge is 2.27. The predicted molar refractivity (Wildman–Crippen MR) is 99.4 cm³/mol. The minimum atomic E-state index is -0.621. The van der Waals surface area contributed by atoms with Crippen LogP contribution in [0.3, 0.4) is 0 Å². The molecule has 0 fully saturated rings. The Bertz CT molecular complexity index is 920. The van der Waals surface area contributed by atoms with Crippen LogP contribution in [0.15, 0.2) is 4.47 Å². The lowest BCUT2D eigenvalue weighted by atomic mass is 9.95. The molecule has 2 aromatic heterocycles. The molecule has 2 amide bonds. The van der Waals surface area contributed by atoms with E-state index in [1.54, 1.807) is 6.92 Å².